The standard InChI is InChI=1S/C36H29N5O4/c1-21-16-30-37-18-24-17-29(22-10-14-26(45-3)15-11-22)31(38-32(24)41(30)39-21)23-8-12-25(13-9-23)36(19-35(2,44)20-36)40-33(42)27-6-4-5-7-28(27)34(40)43/h4-18,44H,19-20H2,1-3H3/t35-,36-. The van der Waals surface area contributed by atoms with Gasteiger partial charge in [-0.15, -0.1) is 0 Å². The number of rotatable bonds is 5. The van der Waals surface area contributed by atoms with Gasteiger partial charge in [-0.25, -0.2) is 9.97 Å². The Morgan fingerprint density at radius 1 is 0.844 bits per heavy atom. The van der Waals surface area contributed by atoms with Crippen LogP contribution in [0.5, 0.6) is 5.75 Å². The van der Waals surface area contributed by atoms with Crippen molar-refractivity contribution in [2.75, 3.05) is 7.11 Å². The van der Waals surface area contributed by atoms with Crippen molar-refractivity contribution >= 4 is 28.5 Å². The highest BCUT2D eigenvalue weighted by atomic mass is 16.5. The van der Waals surface area contributed by atoms with Crippen LogP contribution in [0.15, 0.2) is 91.1 Å². The van der Waals surface area contributed by atoms with Gasteiger partial charge in [-0.3, -0.25) is 14.5 Å². The molecule has 1 aliphatic carbocycles. The van der Waals surface area contributed by atoms with Gasteiger partial charge in [-0.05, 0) is 55.3 Å². The first-order valence-electron chi connectivity index (χ1n) is 14.8. The highest BCUT2D eigenvalue weighted by Gasteiger charge is 2.60. The van der Waals surface area contributed by atoms with Crippen molar-refractivity contribution < 1.29 is 19.4 Å². The van der Waals surface area contributed by atoms with Crippen molar-refractivity contribution in [1.29, 1.82) is 0 Å². The third-order valence-corrected chi connectivity index (χ3v) is 9.05. The summed E-state index contributed by atoms with van der Waals surface area (Å²) in [6.07, 6.45) is 2.31. The summed E-state index contributed by atoms with van der Waals surface area (Å²) in [5.41, 5.74) is 5.31. The number of aliphatic hydroxyl groups is 1. The zero-order chi connectivity index (χ0) is 31.1. The van der Waals surface area contributed by atoms with E-state index in [-0.39, 0.29) is 24.7 Å². The number of imide groups is 1. The molecule has 0 atom stereocenters. The summed E-state index contributed by atoms with van der Waals surface area (Å²) in [5.74, 6) is 0.0873. The van der Waals surface area contributed by atoms with Crippen LogP contribution in [0.1, 0.15) is 51.7 Å². The summed E-state index contributed by atoms with van der Waals surface area (Å²) in [4.78, 5) is 38.3. The van der Waals surface area contributed by atoms with Crippen molar-refractivity contribution in [2.24, 2.45) is 0 Å². The van der Waals surface area contributed by atoms with Crippen LogP contribution in [0.25, 0.3) is 39.1 Å². The molecule has 2 aliphatic rings. The lowest BCUT2D eigenvalue weighted by Gasteiger charge is -2.55. The van der Waals surface area contributed by atoms with Crippen molar-refractivity contribution in [3.63, 3.8) is 0 Å². The number of carbonyl (C=O) groups is 2. The number of aromatic nitrogens is 4. The van der Waals surface area contributed by atoms with Crippen molar-refractivity contribution in [1.82, 2.24) is 24.5 Å². The largest absolute Gasteiger partial charge is 0.497 e. The molecule has 3 aromatic heterocycles. The van der Waals surface area contributed by atoms with Gasteiger partial charge in [0, 0.05) is 41.6 Å². The number of ether oxygens (including phenoxy) is 1. The molecule has 1 fully saturated rings. The molecule has 2 amide bonds. The molecule has 222 valence electrons. The molecule has 6 aromatic rings. The fourth-order valence-corrected chi connectivity index (χ4v) is 7.08. The van der Waals surface area contributed by atoms with Crippen LogP contribution < -0.4 is 4.74 Å². The Labute approximate surface area is 258 Å². The molecule has 1 aliphatic heterocycles. The molecular formula is C36H29N5O4. The number of amides is 2. The maximum absolute atomic E-state index is 13.6. The number of pyridine rings is 1. The normalized spacial score (nSPS) is 20.9. The Morgan fingerprint density at radius 3 is 2.11 bits per heavy atom. The van der Waals surface area contributed by atoms with Crippen LogP contribution in [-0.2, 0) is 5.54 Å². The zero-order valence-corrected chi connectivity index (χ0v) is 25.0. The molecule has 9 heteroatoms. The zero-order valence-electron chi connectivity index (χ0n) is 25.0. The average Bonchev–Trinajstić information content (AvgIpc) is 3.55. The molecule has 1 N–H and O–H groups in total. The fourth-order valence-electron chi connectivity index (χ4n) is 7.08. The number of carbonyl (C=O) groups excluding carboxylic acids is 2. The number of fused-ring (bicyclic) bond motifs is 4. The number of aryl methyl sites for hydroxylation is 1. The predicted molar refractivity (Wildman–Crippen MR) is 169 cm³/mol. The van der Waals surface area contributed by atoms with Gasteiger partial charge in [0.2, 0.25) is 0 Å². The van der Waals surface area contributed by atoms with E-state index in [1.54, 1.807) is 42.8 Å². The van der Waals surface area contributed by atoms with E-state index in [4.69, 9.17) is 9.72 Å². The number of hydrogen-bond donors (Lipinski definition) is 1. The van der Waals surface area contributed by atoms with Gasteiger partial charge in [-0.2, -0.15) is 9.61 Å². The van der Waals surface area contributed by atoms with Gasteiger partial charge in [0.15, 0.2) is 11.3 Å². The summed E-state index contributed by atoms with van der Waals surface area (Å²) < 4.78 is 7.15. The van der Waals surface area contributed by atoms with Crippen LogP contribution in [-0.4, -0.2) is 54.1 Å². The van der Waals surface area contributed by atoms with Gasteiger partial charge < -0.3 is 9.84 Å². The van der Waals surface area contributed by atoms with E-state index in [0.29, 0.717) is 22.4 Å². The minimum absolute atomic E-state index is 0.250. The van der Waals surface area contributed by atoms with Crippen molar-refractivity contribution in [3.05, 3.63) is 114 Å². The lowest BCUT2D eigenvalue weighted by atomic mass is 9.61. The Bertz CT molecular complexity index is 2140. The Balaban J connectivity index is 1.27. The van der Waals surface area contributed by atoms with E-state index < -0.39 is 11.1 Å². The molecule has 3 aromatic carbocycles. The second-order valence-electron chi connectivity index (χ2n) is 12.3. The molecule has 0 bridgehead atoms. The molecule has 9 nitrogen and oxygen atoms in total. The van der Waals surface area contributed by atoms with Crippen LogP contribution in [0.3, 0.4) is 0 Å². The maximum Gasteiger partial charge on any atom is 0.262 e. The summed E-state index contributed by atoms with van der Waals surface area (Å²) in [5, 5.41) is 16.4. The first-order valence-corrected chi connectivity index (χ1v) is 14.8. The smallest absolute Gasteiger partial charge is 0.262 e. The third kappa shape index (κ3) is 4.08. The van der Waals surface area contributed by atoms with Gasteiger partial charge in [0.05, 0.1) is 40.8 Å². The summed E-state index contributed by atoms with van der Waals surface area (Å²) in [6.45, 7) is 3.67. The van der Waals surface area contributed by atoms with Gasteiger partial charge in [0.1, 0.15) is 5.75 Å². The van der Waals surface area contributed by atoms with Crippen LogP contribution >= 0.6 is 0 Å². The highest BCUT2D eigenvalue weighted by molar-refractivity contribution is 6.22. The SMILES string of the molecule is COc1ccc(-c2cc3cnc4cc(C)nn4c3nc2-c2ccc([C@]3(N4C(=O)c5ccccc5C4=O)C[C@](C)(O)C3)cc2)cc1. The summed E-state index contributed by atoms with van der Waals surface area (Å²) in [6, 6.07) is 26.5. The van der Waals surface area contributed by atoms with E-state index in [1.807, 2.05) is 67.7 Å². The van der Waals surface area contributed by atoms with Crippen LogP contribution in [0, 0.1) is 6.92 Å². The lowest BCUT2D eigenvalue weighted by Crippen LogP contribution is -2.63. The topological polar surface area (TPSA) is 110 Å². The average molecular weight is 596 g/mol. The van der Waals surface area contributed by atoms with E-state index in [0.717, 1.165) is 44.8 Å². The first-order chi connectivity index (χ1) is 21.7. The van der Waals surface area contributed by atoms with E-state index in [9.17, 15) is 14.7 Å². The second-order valence-corrected chi connectivity index (χ2v) is 12.3. The molecular weight excluding hydrogens is 566 g/mol. The number of benzene rings is 3. The minimum atomic E-state index is -1.00. The van der Waals surface area contributed by atoms with Crippen LogP contribution in [0.4, 0.5) is 0 Å². The third-order valence-electron chi connectivity index (χ3n) is 9.05. The van der Waals surface area contributed by atoms with Gasteiger partial charge in [-0.1, -0.05) is 48.5 Å². The maximum atomic E-state index is 13.6. The first kappa shape index (κ1) is 27.2. The van der Waals surface area contributed by atoms with Gasteiger partial charge >= 0.3 is 0 Å². The second kappa shape index (κ2) is 9.54. The van der Waals surface area contributed by atoms with Gasteiger partial charge in [0.25, 0.3) is 11.8 Å². The molecule has 4 heterocycles. The number of hydrogen-bond acceptors (Lipinski definition) is 7. The van der Waals surface area contributed by atoms with E-state index in [2.05, 4.69) is 16.1 Å². The Morgan fingerprint density at radius 2 is 1.49 bits per heavy atom. The van der Waals surface area contributed by atoms with Crippen molar-refractivity contribution in [3.8, 4) is 28.1 Å². The van der Waals surface area contributed by atoms with E-state index in [1.165, 1.54) is 4.90 Å². The van der Waals surface area contributed by atoms with Crippen molar-refractivity contribution in [2.45, 2.75) is 37.8 Å². The number of nitrogens with zero attached hydrogens (tertiary/aromatic N) is 5. The predicted octanol–water partition coefficient (Wildman–Crippen LogP) is 5.96. The molecule has 0 saturated heterocycles. The van der Waals surface area contributed by atoms with E-state index >= 15 is 0 Å². The van der Waals surface area contributed by atoms with Crippen LogP contribution in [0.2, 0.25) is 0 Å². The minimum Gasteiger partial charge on any atom is -0.497 e. The quantitative estimate of drug-likeness (QED) is 0.245. The fraction of sp³-hybridized carbons (Fsp3) is 0.194. The summed E-state index contributed by atoms with van der Waals surface area (Å²) >= 11 is 0. The monoisotopic (exact) mass is 595 g/mol. The number of methoxy groups -OCH3 is 1. The molecule has 1 saturated carbocycles. The molecule has 45 heavy (non-hydrogen) atoms. The molecule has 8 rings (SSSR count). The summed E-state index contributed by atoms with van der Waals surface area (Å²) in [7, 11) is 1.64. The molecule has 0 radical (unpaired) electrons. The molecule has 0 unspecified atom stereocenters. The molecule has 0 spiro atoms. The Kier molecular flexibility index (Phi) is 5.76. The lowest BCUT2D eigenvalue weighted by molar-refractivity contribution is -0.118. The Hall–Kier alpha value is -5.41. The highest BCUT2D eigenvalue weighted by Crippen LogP contribution is 2.54.